The van der Waals surface area contributed by atoms with Gasteiger partial charge >= 0.3 is 0 Å². The second-order valence-electron chi connectivity index (χ2n) is 9.60. The van der Waals surface area contributed by atoms with Gasteiger partial charge in [-0.2, -0.15) is 0 Å². The molecule has 0 spiro atoms. The molecule has 0 amide bonds. The Bertz CT molecular complexity index is 1580. The summed E-state index contributed by atoms with van der Waals surface area (Å²) in [4.78, 5) is 4.89. The average molecular weight is 647 g/mol. The van der Waals surface area contributed by atoms with Gasteiger partial charge in [0.1, 0.15) is 23.1 Å². The van der Waals surface area contributed by atoms with Gasteiger partial charge in [0.05, 0.1) is 30.7 Å². The van der Waals surface area contributed by atoms with Gasteiger partial charge in [0.25, 0.3) is 0 Å². The fourth-order valence-electron chi connectivity index (χ4n) is 4.85. The highest BCUT2D eigenvalue weighted by Gasteiger charge is 2.26. The van der Waals surface area contributed by atoms with E-state index in [-0.39, 0.29) is 23.2 Å². The van der Waals surface area contributed by atoms with E-state index in [4.69, 9.17) is 21.1 Å². The van der Waals surface area contributed by atoms with E-state index in [0.717, 1.165) is 30.4 Å². The van der Waals surface area contributed by atoms with Gasteiger partial charge in [-0.05, 0) is 72.7 Å². The molecule has 1 heterocycles. The lowest BCUT2D eigenvalue weighted by atomic mass is 9.85. The Balaban J connectivity index is 1.36. The first-order valence-corrected chi connectivity index (χ1v) is 16.6. The van der Waals surface area contributed by atoms with E-state index >= 15 is 4.39 Å². The monoisotopic (exact) mass is 646 g/mol. The third-order valence-electron chi connectivity index (χ3n) is 6.99. The van der Waals surface area contributed by atoms with E-state index in [1.165, 1.54) is 57.2 Å². The van der Waals surface area contributed by atoms with Crippen molar-refractivity contribution >= 4 is 56.4 Å². The second kappa shape index (κ2) is 14.0. The molecule has 4 aromatic rings. The van der Waals surface area contributed by atoms with Crippen LogP contribution in [0, 0.1) is 17.6 Å². The highest BCUT2D eigenvalue weighted by molar-refractivity contribution is 7.99. The van der Waals surface area contributed by atoms with Crippen LogP contribution in [0.3, 0.4) is 0 Å². The third kappa shape index (κ3) is 6.99. The van der Waals surface area contributed by atoms with E-state index in [9.17, 15) is 8.60 Å². The van der Waals surface area contributed by atoms with Gasteiger partial charge < -0.3 is 9.47 Å². The summed E-state index contributed by atoms with van der Waals surface area (Å²) in [6, 6.07) is 14.7. The zero-order valence-corrected chi connectivity index (χ0v) is 26.2. The molecule has 3 aromatic carbocycles. The van der Waals surface area contributed by atoms with Crippen molar-refractivity contribution in [1.29, 1.82) is 0 Å². The Hall–Kier alpha value is -2.92. The maximum absolute atomic E-state index is 15.6. The summed E-state index contributed by atoms with van der Waals surface area (Å²) in [6.45, 7) is 0.154. The van der Waals surface area contributed by atoms with Crippen LogP contribution in [0.4, 0.5) is 13.9 Å². The van der Waals surface area contributed by atoms with Crippen molar-refractivity contribution in [1.82, 2.24) is 4.98 Å². The molecule has 1 aliphatic rings. The van der Waals surface area contributed by atoms with Crippen molar-refractivity contribution in [3.8, 4) is 11.5 Å². The molecule has 11 heteroatoms. The molecule has 0 N–H and O–H groups in total. The van der Waals surface area contributed by atoms with Crippen molar-refractivity contribution in [3.63, 3.8) is 0 Å². The number of allylic oxidation sites excluding steroid dienone is 2. The molecule has 0 radical (unpaired) electrons. The minimum Gasteiger partial charge on any atom is -0.497 e. The Labute approximate surface area is 260 Å². The number of aromatic nitrogens is 1. The van der Waals surface area contributed by atoms with Gasteiger partial charge in [0.15, 0.2) is 16.1 Å². The van der Waals surface area contributed by atoms with Crippen molar-refractivity contribution < 1.29 is 22.5 Å². The average Bonchev–Trinajstić information content (AvgIpc) is 3.55. The van der Waals surface area contributed by atoms with E-state index < -0.39 is 16.8 Å². The van der Waals surface area contributed by atoms with Crippen LogP contribution in [0.15, 0.2) is 82.0 Å². The normalized spacial score (nSPS) is 15.6. The third-order valence-corrected chi connectivity index (χ3v) is 10.9. The van der Waals surface area contributed by atoms with Crippen LogP contribution < -0.4 is 13.8 Å². The van der Waals surface area contributed by atoms with E-state index in [0.29, 0.717) is 32.3 Å². The molecule has 0 fully saturated rings. The number of halogens is 3. The van der Waals surface area contributed by atoms with E-state index in [2.05, 4.69) is 11.1 Å². The molecular formula is C31H29ClF2N2O3S3. The molecule has 0 saturated heterocycles. The fourth-order valence-corrected chi connectivity index (χ4v) is 8.36. The lowest BCUT2D eigenvalue weighted by Gasteiger charge is -2.25. The summed E-state index contributed by atoms with van der Waals surface area (Å²) in [5, 5.41) is 2.57. The molecule has 220 valence electrons. The Morgan fingerprint density at radius 2 is 1.93 bits per heavy atom. The summed E-state index contributed by atoms with van der Waals surface area (Å²) in [6.07, 6.45) is 6.83. The smallest absolute Gasteiger partial charge is 0.197 e. The lowest BCUT2D eigenvalue weighted by Crippen LogP contribution is -2.26. The quantitative estimate of drug-likeness (QED) is 0.153. The molecule has 0 aliphatic heterocycles. The second-order valence-corrected chi connectivity index (χ2v) is 13.3. The highest BCUT2D eigenvalue weighted by Crippen LogP contribution is 2.40. The van der Waals surface area contributed by atoms with Crippen molar-refractivity contribution in [2.24, 2.45) is 5.92 Å². The molecule has 5 nitrogen and oxygen atoms in total. The van der Waals surface area contributed by atoms with Gasteiger partial charge in [0, 0.05) is 33.9 Å². The first kappa shape index (κ1) is 30.5. The molecule has 2 unspecified atom stereocenters. The summed E-state index contributed by atoms with van der Waals surface area (Å²) in [5.41, 5.74) is 2.91. The summed E-state index contributed by atoms with van der Waals surface area (Å²) < 4.78 is 55.3. The van der Waals surface area contributed by atoms with Gasteiger partial charge in [-0.25, -0.2) is 18.0 Å². The van der Waals surface area contributed by atoms with Crippen LogP contribution in [0.2, 0.25) is 5.02 Å². The predicted molar refractivity (Wildman–Crippen MR) is 168 cm³/mol. The number of benzene rings is 3. The molecule has 0 bridgehead atoms. The van der Waals surface area contributed by atoms with Crippen LogP contribution in [0.25, 0.3) is 5.57 Å². The van der Waals surface area contributed by atoms with Gasteiger partial charge in [0.2, 0.25) is 0 Å². The summed E-state index contributed by atoms with van der Waals surface area (Å²) in [5.74, 6) is 1.21. The topological polar surface area (TPSA) is 51.7 Å². The first-order valence-electron chi connectivity index (χ1n) is 13.3. The molecule has 1 aliphatic carbocycles. The van der Waals surface area contributed by atoms with Gasteiger partial charge in [-0.15, -0.1) is 23.1 Å². The number of thiazole rings is 1. The van der Waals surface area contributed by atoms with Crippen molar-refractivity contribution in [2.45, 2.75) is 35.6 Å². The standard InChI is InChI=1S/C31H29ClF2N2O3S3/c1-38-24-12-9-21(28(15-24)39-2)18-36(31-35-13-14-40-31)42(37)30-16-26(32)29(17-27(30)34)41-19-22-5-3-4-6-25(22)20-7-10-23(33)11-8-20/h6-17,22H,3-5,18-19H2,1-2H3. The highest BCUT2D eigenvalue weighted by atomic mass is 35.5. The van der Waals surface area contributed by atoms with Gasteiger partial charge in [-0.3, -0.25) is 4.31 Å². The number of hydrogen-bond acceptors (Lipinski definition) is 6. The van der Waals surface area contributed by atoms with Crippen molar-refractivity contribution in [2.75, 3.05) is 24.3 Å². The molecule has 1 aromatic heterocycles. The fraction of sp³-hybridized carbons (Fsp3) is 0.258. The summed E-state index contributed by atoms with van der Waals surface area (Å²) in [7, 11) is 1.16. The Morgan fingerprint density at radius 3 is 2.64 bits per heavy atom. The number of rotatable bonds is 11. The van der Waals surface area contributed by atoms with Crippen LogP contribution in [0.5, 0.6) is 11.5 Å². The largest absolute Gasteiger partial charge is 0.497 e. The zero-order valence-electron chi connectivity index (χ0n) is 23.0. The minimum atomic E-state index is -1.95. The molecule has 5 rings (SSSR count). The van der Waals surface area contributed by atoms with E-state index in [1.54, 1.807) is 50.1 Å². The Morgan fingerprint density at radius 1 is 1.12 bits per heavy atom. The zero-order chi connectivity index (χ0) is 29.6. The van der Waals surface area contributed by atoms with Crippen LogP contribution in [0.1, 0.15) is 30.4 Å². The maximum Gasteiger partial charge on any atom is 0.197 e. The van der Waals surface area contributed by atoms with Gasteiger partial charge in [-0.1, -0.05) is 29.8 Å². The summed E-state index contributed by atoms with van der Waals surface area (Å²) >= 11 is 9.43. The van der Waals surface area contributed by atoms with Crippen LogP contribution in [-0.4, -0.2) is 29.2 Å². The SMILES string of the molecule is COc1ccc(CN(c2nccs2)S(=O)c2cc(Cl)c(SCC3CCCC=C3c3ccc(F)cc3)cc2F)c(OC)c1. The number of methoxy groups -OCH3 is 2. The minimum absolute atomic E-state index is 0.0309. The predicted octanol–water partition coefficient (Wildman–Crippen LogP) is 8.80. The molecular weight excluding hydrogens is 618 g/mol. The Kier molecular flexibility index (Phi) is 10.2. The van der Waals surface area contributed by atoms with Crippen LogP contribution >= 0.6 is 34.7 Å². The maximum atomic E-state index is 15.6. The lowest BCUT2D eigenvalue weighted by molar-refractivity contribution is 0.391. The van der Waals surface area contributed by atoms with Crippen LogP contribution in [-0.2, 0) is 17.5 Å². The number of nitrogens with zero attached hydrogens (tertiary/aromatic N) is 2. The molecule has 0 saturated carbocycles. The molecule has 42 heavy (non-hydrogen) atoms. The number of thioether (sulfide) groups is 1. The van der Waals surface area contributed by atoms with Crippen molar-refractivity contribution in [3.05, 3.63) is 100 Å². The van der Waals surface area contributed by atoms with E-state index in [1.807, 2.05) is 6.07 Å². The number of ether oxygens (including phenoxy) is 2. The number of hydrogen-bond donors (Lipinski definition) is 0. The first-order chi connectivity index (χ1) is 20.4. The molecule has 2 atom stereocenters. The number of anilines is 1.